The zero-order chi connectivity index (χ0) is 25.5. The number of carbonyl (C=O) groups excluding carboxylic acids is 1. The fraction of sp³-hybridized carbons (Fsp3) is 0.0345. The van der Waals surface area contributed by atoms with Crippen LogP contribution in [0.15, 0.2) is 109 Å². The molecule has 0 aliphatic carbocycles. The summed E-state index contributed by atoms with van der Waals surface area (Å²) >= 11 is 0. The summed E-state index contributed by atoms with van der Waals surface area (Å²) < 4.78 is 10.6. The Bertz CT molecular complexity index is 1490. The van der Waals surface area contributed by atoms with Gasteiger partial charge in [-0.1, -0.05) is 48.5 Å². The fourth-order valence-corrected chi connectivity index (χ4v) is 3.56. The van der Waals surface area contributed by atoms with Crippen LogP contribution >= 0.6 is 0 Å². The van der Waals surface area contributed by atoms with E-state index in [0.717, 1.165) is 22.6 Å². The summed E-state index contributed by atoms with van der Waals surface area (Å²) in [6.45, 7) is 0. The first-order valence-corrected chi connectivity index (χ1v) is 11.5. The molecule has 5 rings (SSSR count). The summed E-state index contributed by atoms with van der Waals surface area (Å²) in [5, 5.41) is 6.62. The number of ether oxygens (including phenoxy) is 2. The number of hydrogen-bond acceptors (Lipinski definition) is 8. The summed E-state index contributed by atoms with van der Waals surface area (Å²) in [7, 11) is 1.31. The van der Waals surface area contributed by atoms with Crippen LogP contribution in [-0.2, 0) is 4.74 Å². The van der Waals surface area contributed by atoms with Gasteiger partial charge < -0.3 is 20.1 Å². The first-order valence-electron chi connectivity index (χ1n) is 11.5. The van der Waals surface area contributed by atoms with Crippen molar-refractivity contribution in [1.82, 2.24) is 15.0 Å². The largest absolute Gasteiger partial charge is 0.464 e. The van der Waals surface area contributed by atoms with Gasteiger partial charge in [0.2, 0.25) is 5.95 Å². The molecule has 0 saturated heterocycles. The zero-order valence-corrected chi connectivity index (χ0v) is 20.0. The quantitative estimate of drug-likeness (QED) is 0.235. The van der Waals surface area contributed by atoms with E-state index in [4.69, 9.17) is 14.5 Å². The average molecular weight is 490 g/mol. The molecular weight excluding hydrogens is 466 g/mol. The number of esters is 1. The van der Waals surface area contributed by atoms with Crippen molar-refractivity contribution in [2.75, 3.05) is 17.7 Å². The third-order valence-electron chi connectivity index (χ3n) is 5.31. The van der Waals surface area contributed by atoms with Gasteiger partial charge in [0, 0.05) is 35.3 Å². The molecule has 37 heavy (non-hydrogen) atoms. The van der Waals surface area contributed by atoms with Crippen LogP contribution < -0.4 is 15.4 Å². The SMILES string of the molecule is COC(=O)c1cc(Oc2ccc(Nc3cc(-c4ccccc4)nc(Nc4ccccc4)n3)cc2)ccn1. The lowest BCUT2D eigenvalue weighted by molar-refractivity contribution is 0.0593. The number of benzene rings is 3. The van der Waals surface area contributed by atoms with Crippen LogP contribution in [0.2, 0.25) is 0 Å². The minimum Gasteiger partial charge on any atom is -0.464 e. The van der Waals surface area contributed by atoms with Crippen LogP contribution in [0.5, 0.6) is 11.5 Å². The Morgan fingerprint density at radius 3 is 2.16 bits per heavy atom. The third-order valence-corrected chi connectivity index (χ3v) is 5.31. The molecule has 8 heteroatoms. The second kappa shape index (κ2) is 11.0. The lowest BCUT2D eigenvalue weighted by atomic mass is 10.1. The Labute approximate surface area is 214 Å². The molecule has 2 heterocycles. The van der Waals surface area contributed by atoms with Crippen LogP contribution in [0.25, 0.3) is 11.3 Å². The zero-order valence-electron chi connectivity index (χ0n) is 20.0. The van der Waals surface area contributed by atoms with Crippen LogP contribution in [0, 0.1) is 0 Å². The molecule has 2 aromatic heterocycles. The third kappa shape index (κ3) is 6.07. The molecule has 0 aliphatic rings. The number of anilines is 4. The topological polar surface area (TPSA) is 98.3 Å². The predicted molar refractivity (Wildman–Crippen MR) is 143 cm³/mol. The summed E-state index contributed by atoms with van der Waals surface area (Å²) in [4.78, 5) is 25.1. The maximum atomic E-state index is 11.7. The molecule has 0 amide bonds. The molecule has 2 N–H and O–H groups in total. The molecule has 0 saturated carbocycles. The van der Waals surface area contributed by atoms with E-state index >= 15 is 0 Å². The van der Waals surface area contributed by atoms with Gasteiger partial charge in [-0.25, -0.2) is 14.8 Å². The summed E-state index contributed by atoms with van der Waals surface area (Å²) in [6.07, 6.45) is 1.50. The molecule has 0 bridgehead atoms. The monoisotopic (exact) mass is 489 g/mol. The Balaban J connectivity index is 1.36. The average Bonchev–Trinajstić information content (AvgIpc) is 2.95. The second-order valence-corrected chi connectivity index (χ2v) is 7.94. The Hall–Kier alpha value is -5.24. The fourth-order valence-electron chi connectivity index (χ4n) is 3.56. The first-order chi connectivity index (χ1) is 18.2. The van der Waals surface area contributed by atoms with Crippen LogP contribution in [-0.4, -0.2) is 28.0 Å². The first kappa shape index (κ1) is 23.5. The van der Waals surface area contributed by atoms with Crippen molar-refractivity contribution in [2.24, 2.45) is 0 Å². The van der Waals surface area contributed by atoms with Crippen LogP contribution in [0.3, 0.4) is 0 Å². The highest BCUT2D eigenvalue weighted by atomic mass is 16.5. The van der Waals surface area contributed by atoms with Gasteiger partial charge in [0.25, 0.3) is 0 Å². The van der Waals surface area contributed by atoms with Crippen molar-refractivity contribution < 1.29 is 14.3 Å². The molecular formula is C29H23N5O3. The second-order valence-electron chi connectivity index (χ2n) is 7.94. The van der Waals surface area contributed by atoms with Gasteiger partial charge in [-0.3, -0.25) is 0 Å². The Kier molecular flexibility index (Phi) is 6.99. The predicted octanol–water partition coefficient (Wildman–Crippen LogP) is 6.60. The summed E-state index contributed by atoms with van der Waals surface area (Å²) in [6, 6.07) is 32.2. The highest BCUT2D eigenvalue weighted by molar-refractivity contribution is 5.87. The van der Waals surface area contributed by atoms with E-state index in [1.165, 1.54) is 19.4 Å². The van der Waals surface area contributed by atoms with Gasteiger partial charge in [0.1, 0.15) is 17.3 Å². The molecule has 8 nitrogen and oxygen atoms in total. The van der Waals surface area contributed by atoms with Crippen molar-refractivity contribution in [2.45, 2.75) is 0 Å². The van der Waals surface area contributed by atoms with Crippen molar-refractivity contribution in [3.63, 3.8) is 0 Å². The van der Waals surface area contributed by atoms with Gasteiger partial charge in [0.15, 0.2) is 5.69 Å². The van der Waals surface area contributed by atoms with Crippen molar-refractivity contribution >= 4 is 29.1 Å². The highest BCUT2D eigenvalue weighted by Gasteiger charge is 2.10. The number of rotatable bonds is 8. The molecule has 0 radical (unpaired) electrons. The van der Waals surface area contributed by atoms with E-state index < -0.39 is 5.97 Å². The maximum Gasteiger partial charge on any atom is 0.356 e. The standard InChI is InChI=1S/C29H23N5O3/c1-36-28(35)26-18-24(16-17-30-26)37-23-14-12-22(13-15-23)31-27-19-25(20-8-4-2-5-9-20)33-29(34-27)32-21-10-6-3-7-11-21/h2-19H,1H3,(H2,31,32,33,34). The van der Waals surface area contributed by atoms with E-state index in [0.29, 0.717) is 23.3 Å². The highest BCUT2D eigenvalue weighted by Crippen LogP contribution is 2.27. The molecule has 0 spiro atoms. The number of methoxy groups -OCH3 is 1. The number of nitrogens with one attached hydrogen (secondary N) is 2. The summed E-state index contributed by atoms with van der Waals surface area (Å²) in [5.74, 6) is 1.68. The number of aromatic nitrogens is 3. The minimum absolute atomic E-state index is 0.177. The molecule has 182 valence electrons. The van der Waals surface area contributed by atoms with Crippen LogP contribution in [0.4, 0.5) is 23.1 Å². The van der Waals surface area contributed by atoms with E-state index in [2.05, 4.69) is 20.6 Å². The van der Waals surface area contributed by atoms with Gasteiger partial charge in [-0.2, -0.15) is 4.98 Å². The van der Waals surface area contributed by atoms with Crippen molar-refractivity contribution in [1.29, 1.82) is 0 Å². The number of nitrogens with zero attached hydrogens (tertiary/aromatic N) is 3. The molecule has 0 atom stereocenters. The van der Waals surface area contributed by atoms with Gasteiger partial charge in [0.05, 0.1) is 12.8 Å². The van der Waals surface area contributed by atoms with Gasteiger partial charge in [-0.15, -0.1) is 0 Å². The molecule has 0 aliphatic heterocycles. The number of para-hydroxylation sites is 1. The van der Waals surface area contributed by atoms with Gasteiger partial charge in [-0.05, 0) is 42.5 Å². The number of carbonyl (C=O) groups is 1. The lowest BCUT2D eigenvalue weighted by Crippen LogP contribution is -2.03. The van der Waals surface area contributed by atoms with Crippen molar-refractivity contribution in [3.8, 4) is 22.8 Å². The number of hydrogen-bond donors (Lipinski definition) is 2. The van der Waals surface area contributed by atoms with E-state index in [9.17, 15) is 4.79 Å². The molecule has 0 fully saturated rings. The van der Waals surface area contributed by atoms with E-state index in [1.807, 2.05) is 91.0 Å². The smallest absolute Gasteiger partial charge is 0.356 e. The van der Waals surface area contributed by atoms with Gasteiger partial charge >= 0.3 is 5.97 Å². The summed E-state index contributed by atoms with van der Waals surface area (Å²) in [5.41, 5.74) is 3.66. The molecule has 5 aromatic rings. The molecule has 0 unspecified atom stereocenters. The van der Waals surface area contributed by atoms with Crippen molar-refractivity contribution in [3.05, 3.63) is 115 Å². The van der Waals surface area contributed by atoms with Crippen LogP contribution in [0.1, 0.15) is 10.5 Å². The minimum atomic E-state index is -0.522. The Morgan fingerprint density at radius 2 is 1.43 bits per heavy atom. The van der Waals surface area contributed by atoms with E-state index in [1.54, 1.807) is 6.07 Å². The molecule has 3 aromatic carbocycles. The van der Waals surface area contributed by atoms with E-state index in [-0.39, 0.29) is 5.69 Å². The maximum absolute atomic E-state index is 11.7. The Morgan fingerprint density at radius 1 is 0.730 bits per heavy atom. The number of pyridine rings is 1. The normalized spacial score (nSPS) is 10.4. The lowest BCUT2D eigenvalue weighted by Gasteiger charge is -2.12.